The van der Waals surface area contributed by atoms with Gasteiger partial charge in [0.25, 0.3) is 11.1 Å². The molecular formula is C24H17F3N2O4S. The number of nitrogens with one attached hydrogen (secondary N) is 1. The molecule has 3 aromatic rings. The molecule has 3 aromatic carbocycles. The quantitative estimate of drug-likeness (QED) is 0.479. The molecule has 1 aliphatic heterocycles. The number of halogens is 3. The molecule has 0 atom stereocenters. The first-order chi connectivity index (χ1) is 16.2. The van der Waals surface area contributed by atoms with E-state index in [-0.39, 0.29) is 10.6 Å². The summed E-state index contributed by atoms with van der Waals surface area (Å²) in [6, 6.07) is 15.2. The fraction of sp³-hybridized carbons (Fsp3) is 0.125. The number of benzene rings is 3. The highest BCUT2D eigenvalue weighted by atomic mass is 32.2. The lowest BCUT2D eigenvalue weighted by Crippen LogP contribution is -2.36. The van der Waals surface area contributed by atoms with Crippen molar-refractivity contribution in [2.24, 2.45) is 0 Å². The number of carbonyl (C=O) groups excluding carboxylic acids is 3. The lowest BCUT2D eigenvalue weighted by atomic mass is 10.0. The number of alkyl halides is 3. The minimum atomic E-state index is -4.57. The number of hydrogen-bond acceptors (Lipinski definition) is 5. The van der Waals surface area contributed by atoms with Crippen molar-refractivity contribution in [3.8, 4) is 5.75 Å². The van der Waals surface area contributed by atoms with Crippen molar-refractivity contribution in [3.63, 3.8) is 0 Å². The smallest absolute Gasteiger partial charge is 0.416 e. The van der Waals surface area contributed by atoms with Crippen molar-refractivity contribution in [1.82, 2.24) is 4.90 Å². The Morgan fingerprint density at radius 1 is 1.09 bits per heavy atom. The van der Waals surface area contributed by atoms with E-state index in [1.807, 2.05) is 30.3 Å². The van der Waals surface area contributed by atoms with E-state index in [4.69, 9.17) is 4.74 Å². The molecule has 6 nitrogen and oxygen atoms in total. The second-order valence-corrected chi connectivity index (χ2v) is 8.29. The molecule has 3 amide bonds. The minimum absolute atomic E-state index is 0.0946. The highest BCUT2D eigenvalue weighted by molar-refractivity contribution is 8.18. The zero-order valence-corrected chi connectivity index (χ0v) is 18.5. The first-order valence-electron chi connectivity index (χ1n) is 9.95. The zero-order chi connectivity index (χ0) is 24.5. The van der Waals surface area contributed by atoms with E-state index in [0.717, 1.165) is 33.9 Å². The van der Waals surface area contributed by atoms with Gasteiger partial charge >= 0.3 is 6.18 Å². The Labute approximate surface area is 196 Å². The van der Waals surface area contributed by atoms with E-state index < -0.39 is 35.3 Å². The molecule has 1 fully saturated rings. The number of rotatable bonds is 5. The average molecular weight is 486 g/mol. The second-order valence-electron chi connectivity index (χ2n) is 7.30. The maximum atomic E-state index is 12.9. The maximum Gasteiger partial charge on any atom is 0.416 e. The van der Waals surface area contributed by atoms with E-state index in [1.54, 1.807) is 6.07 Å². The summed E-state index contributed by atoms with van der Waals surface area (Å²) in [5, 5.41) is 3.36. The number of anilines is 1. The predicted octanol–water partition coefficient (Wildman–Crippen LogP) is 5.54. The summed E-state index contributed by atoms with van der Waals surface area (Å²) < 4.78 is 44.1. The van der Waals surface area contributed by atoms with Gasteiger partial charge in [0.2, 0.25) is 5.91 Å². The first kappa shape index (κ1) is 23.4. The lowest BCUT2D eigenvalue weighted by Gasteiger charge is -2.13. The van der Waals surface area contributed by atoms with Crippen molar-refractivity contribution in [1.29, 1.82) is 0 Å². The van der Waals surface area contributed by atoms with Crippen LogP contribution >= 0.6 is 11.8 Å². The molecule has 0 aliphatic carbocycles. The van der Waals surface area contributed by atoms with Gasteiger partial charge in [-0.1, -0.05) is 36.4 Å². The van der Waals surface area contributed by atoms with Crippen LogP contribution in [-0.4, -0.2) is 35.6 Å². The van der Waals surface area contributed by atoms with Crippen LogP contribution in [0.3, 0.4) is 0 Å². The van der Waals surface area contributed by atoms with Crippen LogP contribution in [0.1, 0.15) is 11.1 Å². The summed E-state index contributed by atoms with van der Waals surface area (Å²) in [5.74, 6) is -0.970. The van der Waals surface area contributed by atoms with Gasteiger partial charge in [-0.2, -0.15) is 13.2 Å². The summed E-state index contributed by atoms with van der Waals surface area (Å²) >= 11 is 0.673. The van der Waals surface area contributed by atoms with Gasteiger partial charge in [0, 0.05) is 11.3 Å². The maximum absolute atomic E-state index is 12.9. The van der Waals surface area contributed by atoms with E-state index in [9.17, 15) is 27.6 Å². The van der Waals surface area contributed by atoms with Gasteiger partial charge in [-0.25, -0.2) is 0 Å². The Morgan fingerprint density at radius 2 is 1.85 bits per heavy atom. The molecular weight excluding hydrogens is 469 g/mol. The van der Waals surface area contributed by atoms with Crippen LogP contribution < -0.4 is 10.1 Å². The number of fused-ring (bicyclic) bond motifs is 1. The number of hydrogen-bond donors (Lipinski definition) is 1. The van der Waals surface area contributed by atoms with Crippen molar-refractivity contribution >= 4 is 51.4 Å². The van der Waals surface area contributed by atoms with Gasteiger partial charge in [0.05, 0.1) is 17.6 Å². The Morgan fingerprint density at radius 3 is 2.59 bits per heavy atom. The van der Waals surface area contributed by atoms with Crippen molar-refractivity contribution in [2.45, 2.75) is 6.18 Å². The number of carbonyl (C=O) groups is 3. The van der Waals surface area contributed by atoms with E-state index in [0.29, 0.717) is 23.1 Å². The molecule has 174 valence electrons. The summed E-state index contributed by atoms with van der Waals surface area (Å²) in [5.41, 5.74) is -0.411. The van der Waals surface area contributed by atoms with Crippen LogP contribution in [0, 0.1) is 0 Å². The van der Waals surface area contributed by atoms with E-state index in [2.05, 4.69) is 5.32 Å². The molecule has 1 heterocycles. The van der Waals surface area contributed by atoms with E-state index in [1.165, 1.54) is 19.3 Å². The number of imide groups is 1. The molecule has 1 saturated heterocycles. The van der Waals surface area contributed by atoms with Gasteiger partial charge in [-0.3, -0.25) is 19.3 Å². The predicted molar refractivity (Wildman–Crippen MR) is 123 cm³/mol. The standard InChI is InChI=1S/C24H17F3N2O4S/c1-33-19-10-9-14-5-2-3-8-17(14)18(19)12-20-22(31)29(23(32)34-20)13-21(30)28-16-7-4-6-15(11-16)24(25,26)27/h2-12H,13H2,1H3,(H,28,30)/b20-12-. The highest BCUT2D eigenvalue weighted by Crippen LogP contribution is 2.37. The Bertz CT molecular complexity index is 1340. The molecule has 0 unspecified atom stereocenters. The molecule has 0 aromatic heterocycles. The van der Waals surface area contributed by atoms with Crippen LogP contribution in [0.4, 0.5) is 23.7 Å². The zero-order valence-electron chi connectivity index (χ0n) is 17.7. The molecule has 34 heavy (non-hydrogen) atoms. The average Bonchev–Trinajstić information content (AvgIpc) is 3.06. The summed E-state index contributed by atoms with van der Waals surface area (Å²) in [6.07, 6.45) is -3.03. The molecule has 1 aliphatic rings. The summed E-state index contributed by atoms with van der Waals surface area (Å²) in [7, 11) is 1.49. The largest absolute Gasteiger partial charge is 0.496 e. The van der Waals surface area contributed by atoms with Crippen LogP contribution in [0.25, 0.3) is 16.8 Å². The SMILES string of the molecule is COc1ccc2ccccc2c1/C=C1\SC(=O)N(CC(=O)Nc2cccc(C(F)(F)F)c2)C1=O. The number of thioether (sulfide) groups is 1. The molecule has 4 rings (SSSR count). The monoisotopic (exact) mass is 486 g/mol. The normalized spacial score (nSPS) is 15.3. The molecule has 10 heteroatoms. The van der Waals surface area contributed by atoms with Crippen LogP contribution in [0.15, 0.2) is 65.6 Å². The first-order valence-corrected chi connectivity index (χ1v) is 10.8. The van der Waals surface area contributed by atoms with Gasteiger partial charge in [0.1, 0.15) is 12.3 Å². The molecule has 0 radical (unpaired) electrons. The fourth-order valence-corrected chi connectivity index (χ4v) is 4.31. The van der Waals surface area contributed by atoms with Crippen molar-refractivity contribution in [3.05, 3.63) is 76.7 Å². The number of amides is 3. The fourth-order valence-electron chi connectivity index (χ4n) is 3.49. The highest BCUT2D eigenvalue weighted by Gasteiger charge is 2.37. The Hall–Kier alpha value is -3.79. The topological polar surface area (TPSA) is 75.7 Å². The molecule has 0 bridgehead atoms. The van der Waals surface area contributed by atoms with Gasteiger partial charge in [-0.15, -0.1) is 0 Å². The third-order valence-corrected chi connectivity index (χ3v) is 5.98. The van der Waals surface area contributed by atoms with Gasteiger partial charge in [0.15, 0.2) is 0 Å². The van der Waals surface area contributed by atoms with Crippen molar-refractivity contribution in [2.75, 3.05) is 19.0 Å². The molecule has 0 saturated carbocycles. The molecule has 1 N–H and O–H groups in total. The van der Waals surface area contributed by atoms with Crippen LogP contribution in [0.5, 0.6) is 5.75 Å². The lowest BCUT2D eigenvalue weighted by molar-refractivity contribution is -0.137. The van der Waals surface area contributed by atoms with Crippen molar-refractivity contribution < 1.29 is 32.3 Å². The minimum Gasteiger partial charge on any atom is -0.496 e. The number of methoxy groups -OCH3 is 1. The summed E-state index contributed by atoms with van der Waals surface area (Å²) in [4.78, 5) is 38.5. The van der Waals surface area contributed by atoms with Gasteiger partial charge in [-0.05, 0) is 52.9 Å². The Balaban J connectivity index is 1.55. The number of nitrogens with zero attached hydrogens (tertiary/aromatic N) is 1. The van der Waals surface area contributed by atoms with E-state index >= 15 is 0 Å². The summed E-state index contributed by atoms with van der Waals surface area (Å²) in [6.45, 7) is -0.634. The third kappa shape index (κ3) is 4.76. The molecule has 0 spiro atoms. The van der Waals surface area contributed by atoms with Crippen LogP contribution in [-0.2, 0) is 15.8 Å². The number of ether oxygens (including phenoxy) is 1. The second kappa shape index (κ2) is 9.22. The Kier molecular flexibility index (Phi) is 6.34. The van der Waals surface area contributed by atoms with Crippen LogP contribution in [0.2, 0.25) is 0 Å². The van der Waals surface area contributed by atoms with Gasteiger partial charge < -0.3 is 10.1 Å². The third-order valence-electron chi connectivity index (χ3n) is 5.07.